The maximum atomic E-state index is 13.5. The van der Waals surface area contributed by atoms with E-state index in [9.17, 15) is 4.39 Å². The number of H-pyrrole nitrogens is 1. The van der Waals surface area contributed by atoms with E-state index in [1.807, 2.05) is 6.07 Å². The van der Waals surface area contributed by atoms with Crippen molar-refractivity contribution in [3.63, 3.8) is 0 Å². The summed E-state index contributed by atoms with van der Waals surface area (Å²) in [6.45, 7) is 0.801. The van der Waals surface area contributed by atoms with Gasteiger partial charge in [-0.15, -0.1) is 0 Å². The highest BCUT2D eigenvalue weighted by Gasteiger charge is 2.29. The maximum Gasteiger partial charge on any atom is 0.316 e. The Balaban J connectivity index is 1.37. The highest BCUT2D eigenvalue weighted by molar-refractivity contribution is 5.76. The molecule has 1 N–H and O–H groups in total. The van der Waals surface area contributed by atoms with Gasteiger partial charge in [-0.2, -0.15) is 4.98 Å². The molecule has 1 aliphatic carbocycles. The topological polar surface area (TPSA) is 82.2 Å². The van der Waals surface area contributed by atoms with Crippen molar-refractivity contribution in [3.8, 4) is 28.7 Å². The standard InChI is InChI=1S/C25H29FN4O3/c1-31-25-27-14-13-20(28-25)23-22(16-5-9-18(26)10-6-16)29-24(30-23)17-7-11-19(12-8-17)33-21-4-2-3-15-32-21/h5-6,9-10,13-14,17,19,21H,2-4,7-8,11-12,15H2,1H3,(H,29,30)/t17-,19-,21?. The van der Waals surface area contributed by atoms with Crippen LogP contribution in [0.4, 0.5) is 4.39 Å². The average Bonchev–Trinajstić information content (AvgIpc) is 3.31. The number of aromatic nitrogens is 4. The lowest BCUT2D eigenvalue weighted by Gasteiger charge is -2.32. The zero-order chi connectivity index (χ0) is 22.6. The molecule has 0 bridgehead atoms. The van der Waals surface area contributed by atoms with E-state index in [4.69, 9.17) is 19.2 Å². The number of methoxy groups -OCH3 is 1. The van der Waals surface area contributed by atoms with E-state index in [-0.39, 0.29) is 24.2 Å². The molecule has 1 aromatic carbocycles. The second-order valence-corrected chi connectivity index (χ2v) is 8.69. The average molecular weight is 453 g/mol. The van der Waals surface area contributed by atoms with E-state index in [0.717, 1.165) is 67.9 Å². The smallest absolute Gasteiger partial charge is 0.316 e. The zero-order valence-electron chi connectivity index (χ0n) is 18.8. The van der Waals surface area contributed by atoms with Crippen molar-refractivity contribution >= 4 is 0 Å². The van der Waals surface area contributed by atoms with Crippen LogP contribution in [0.5, 0.6) is 6.01 Å². The summed E-state index contributed by atoms with van der Waals surface area (Å²) in [7, 11) is 1.54. The van der Waals surface area contributed by atoms with Crippen LogP contribution >= 0.6 is 0 Å². The fourth-order valence-corrected chi connectivity index (χ4v) is 4.67. The lowest BCUT2D eigenvalue weighted by molar-refractivity contribution is -0.193. The van der Waals surface area contributed by atoms with E-state index in [1.54, 1.807) is 18.3 Å². The molecule has 0 amide bonds. The first-order valence-electron chi connectivity index (χ1n) is 11.7. The van der Waals surface area contributed by atoms with Crippen molar-refractivity contribution in [1.29, 1.82) is 0 Å². The molecule has 1 unspecified atom stereocenters. The summed E-state index contributed by atoms with van der Waals surface area (Å²) in [4.78, 5) is 17.1. The van der Waals surface area contributed by atoms with Crippen LogP contribution in [0.1, 0.15) is 56.7 Å². The molecule has 0 spiro atoms. The van der Waals surface area contributed by atoms with Gasteiger partial charge in [-0.05, 0) is 75.3 Å². The van der Waals surface area contributed by atoms with Crippen molar-refractivity contribution in [2.45, 2.75) is 63.3 Å². The van der Waals surface area contributed by atoms with Crippen LogP contribution in [0.2, 0.25) is 0 Å². The molecule has 2 fully saturated rings. The van der Waals surface area contributed by atoms with E-state index in [2.05, 4.69) is 15.0 Å². The molecule has 7 nitrogen and oxygen atoms in total. The first kappa shape index (κ1) is 22.0. The number of nitrogens with one attached hydrogen (secondary N) is 1. The van der Waals surface area contributed by atoms with Gasteiger partial charge in [0.2, 0.25) is 0 Å². The Bertz CT molecular complexity index is 1060. The van der Waals surface area contributed by atoms with Gasteiger partial charge in [-0.3, -0.25) is 0 Å². The summed E-state index contributed by atoms with van der Waals surface area (Å²) in [5.41, 5.74) is 3.05. The van der Waals surface area contributed by atoms with Crippen LogP contribution < -0.4 is 4.74 Å². The third kappa shape index (κ3) is 5.07. The molecule has 2 aliphatic rings. The molecule has 1 saturated carbocycles. The predicted molar refractivity (Wildman–Crippen MR) is 121 cm³/mol. The molecule has 5 rings (SSSR count). The zero-order valence-corrected chi connectivity index (χ0v) is 18.8. The third-order valence-corrected chi connectivity index (χ3v) is 6.46. The van der Waals surface area contributed by atoms with Crippen LogP contribution in [0.15, 0.2) is 36.5 Å². The van der Waals surface area contributed by atoms with E-state index >= 15 is 0 Å². The summed E-state index contributed by atoms with van der Waals surface area (Å²) in [6, 6.07) is 8.49. The number of hydrogen-bond acceptors (Lipinski definition) is 6. The summed E-state index contributed by atoms with van der Waals surface area (Å²) in [5.74, 6) is 0.947. The van der Waals surface area contributed by atoms with Crippen molar-refractivity contribution < 1.29 is 18.6 Å². The van der Waals surface area contributed by atoms with E-state index < -0.39 is 0 Å². The van der Waals surface area contributed by atoms with Crippen LogP contribution in [-0.2, 0) is 9.47 Å². The molecule has 0 radical (unpaired) electrons. The molecular weight excluding hydrogens is 423 g/mol. The number of imidazole rings is 1. The summed E-state index contributed by atoms with van der Waals surface area (Å²) in [6.07, 6.45) is 9.07. The Morgan fingerprint density at radius 3 is 2.55 bits per heavy atom. The minimum Gasteiger partial charge on any atom is -0.467 e. The van der Waals surface area contributed by atoms with E-state index in [0.29, 0.717) is 11.6 Å². The van der Waals surface area contributed by atoms with Crippen LogP contribution in [0, 0.1) is 5.82 Å². The number of halogens is 1. The quantitative estimate of drug-likeness (QED) is 0.550. The monoisotopic (exact) mass is 452 g/mol. The number of ether oxygens (including phenoxy) is 3. The Hall–Kier alpha value is -2.84. The Kier molecular flexibility index (Phi) is 6.64. The van der Waals surface area contributed by atoms with Crippen molar-refractivity contribution in [1.82, 2.24) is 19.9 Å². The molecular formula is C25H29FN4O3. The van der Waals surface area contributed by atoms with Gasteiger partial charge >= 0.3 is 6.01 Å². The number of hydrogen-bond donors (Lipinski definition) is 1. The summed E-state index contributed by atoms with van der Waals surface area (Å²) < 4.78 is 30.7. The van der Waals surface area contributed by atoms with Gasteiger partial charge in [-0.1, -0.05) is 0 Å². The Labute approximate surface area is 192 Å². The molecule has 1 aliphatic heterocycles. The van der Waals surface area contributed by atoms with Gasteiger partial charge in [0.25, 0.3) is 0 Å². The Morgan fingerprint density at radius 1 is 1.00 bits per heavy atom. The van der Waals surface area contributed by atoms with Gasteiger partial charge in [0.05, 0.1) is 30.3 Å². The summed E-state index contributed by atoms with van der Waals surface area (Å²) in [5, 5.41) is 0. The van der Waals surface area contributed by atoms with Gasteiger partial charge in [0.1, 0.15) is 11.6 Å². The predicted octanol–water partition coefficient (Wildman–Crippen LogP) is 5.25. The van der Waals surface area contributed by atoms with E-state index in [1.165, 1.54) is 25.7 Å². The first-order chi connectivity index (χ1) is 16.2. The van der Waals surface area contributed by atoms with Gasteiger partial charge < -0.3 is 19.2 Å². The molecule has 1 saturated heterocycles. The molecule has 174 valence electrons. The summed E-state index contributed by atoms with van der Waals surface area (Å²) >= 11 is 0. The fourth-order valence-electron chi connectivity index (χ4n) is 4.67. The largest absolute Gasteiger partial charge is 0.467 e. The number of benzene rings is 1. The molecule has 3 aromatic rings. The number of nitrogens with zero attached hydrogens (tertiary/aromatic N) is 3. The van der Waals surface area contributed by atoms with Gasteiger partial charge in [0, 0.05) is 24.3 Å². The first-order valence-corrected chi connectivity index (χ1v) is 11.7. The Morgan fingerprint density at radius 2 is 1.82 bits per heavy atom. The van der Waals surface area contributed by atoms with Gasteiger partial charge in [0.15, 0.2) is 6.29 Å². The minimum atomic E-state index is -0.278. The van der Waals surface area contributed by atoms with Crippen molar-refractivity contribution in [2.75, 3.05) is 13.7 Å². The lowest BCUT2D eigenvalue weighted by atomic mass is 9.87. The molecule has 3 heterocycles. The number of rotatable bonds is 6. The second kappa shape index (κ2) is 9.97. The van der Waals surface area contributed by atoms with Crippen LogP contribution in [0.25, 0.3) is 22.6 Å². The highest BCUT2D eigenvalue weighted by Crippen LogP contribution is 2.37. The molecule has 2 aromatic heterocycles. The van der Waals surface area contributed by atoms with Crippen LogP contribution in [0.3, 0.4) is 0 Å². The molecule has 33 heavy (non-hydrogen) atoms. The molecule has 8 heteroatoms. The van der Waals surface area contributed by atoms with Crippen molar-refractivity contribution in [2.24, 2.45) is 0 Å². The van der Waals surface area contributed by atoms with Crippen LogP contribution in [-0.4, -0.2) is 46.0 Å². The lowest BCUT2D eigenvalue weighted by Crippen LogP contribution is -2.30. The van der Waals surface area contributed by atoms with Crippen molar-refractivity contribution in [3.05, 3.63) is 48.2 Å². The fraction of sp³-hybridized carbons (Fsp3) is 0.480. The molecule has 1 atom stereocenters. The second-order valence-electron chi connectivity index (χ2n) is 8.69. The SMILES string of the molecule is COc1nccc(-c2[nH]c([C@H]3CC[C@H](OC4CCCCO4)CC3)nc2-c2ccc(F)cc2)n1. The third-order valence-electron chi connectivity index (χ3n) is 6.46. The minimum absolute atomic E-state index is 0.0478. The maximum absolute atomic E-state index is 13.5. The number of aromatic amines is 1. The highest BCUT2D eigenvalue weighted by atomic mass is 19.1. The normalized spacial score (nSPS) is 23.4. The van der Waals surface area contributed by atoms with Gasteiger partial charge in [-0.25, -0.2) is 14.4 Å².